The van der Waals surface area contributed by atoms with Gasteiger partial charge in [-0.3, -0.25) is 9.59 Å². The van der Waals surface area contributed by atoms with Crippen molar-refractivity contribution in [3.63, 3.8) is 0 Å². The van der Waals surface area contributed by atoms with E-state index in [0.717, 1.165) is 37.7 Å². The number of carboxylic acid groups (broad SMARTS) is 1. The summed E-state index contributed by atoms with van der Waals surface area (Å²) in [6, 6.07) is 7.46. The summed E-state index contributed by atoms with van der Waals surface area (Å²) in [4.78, 5) is 26.7. The molecule has 0 spiro atoms. The van der Waals surface area contributed by atoms with Gasteiger partial charge in [0.2, 0.25) is 0 Å². The molecule has 1 N–H and O–H groups in total. The number of hydrogen-bond donors (Lipinski definition) is 1. The summed E-state index contributed by atoms with van der Waals surface area (Å²) in [5, 5.41) is 9.66. The highest BCUT2D eigenvalue weighted by Crippen LogP contribution is 2.38. The molecule has 1 aliphatic heterocycles. The summed E-state index contributed by atoms with van der Waals surface area (Å²) in [5.41, 5.74) is 1.67. The van der Waals surface area contributed by atoms with Crippen LogP contribution in [0.15, 0.2) is 24.3 Å². The molecule has 1 aromatic carbocycles. The molecule has 124 valence electrons. The zero-order valence-electron chi connectivity index (χ0n) is 13.7. The molecule has 2 fully saturated rings. The summed E-state index contributed by atoms with van der Waals surface area (Å²) >= 11 is 0. The number of carboxylic acids is 1. The highest BCUT2D eigenvalue weighted by atomic mass is 16.4. The lowest BCUT2D eigenvalue weighted by atomic mass is 9.80. The van der Waals surface area contributed by atoms with Gasteiger partial charge >= 0.3 is 5.97 Å². The SMILES string of the molecule is Cc1ccccc1C(=O)N1CCC[C@H](C(=O)O)[C@@H]1C1CCCC1. The van der Waals surface area contributed by atoms with Crippen LogP contribution in [0.2, 0.25) is 0 Å². The Bertz CT molecular complexity index is 592. The lowest BCUT2D eigenvalue weighted by Crippen LogP contribution is -2.53. The van der Waals surface area contributed by atoms with Crippen molar-refractivity contribution >= 4 is 11.9 Å². The number of carbonyl (C=O) groups excluding carboxylic acids is 1. The molecule has 0 aromatic heterocycles. The van der Waals surface area contributed by atoms with Gasteiger partial charge in [-0.2, -0.15) is 0 Å². The molecule has 4 heteroatoms. The number of likely N-dealkylation sites (tertiary alicyclic amines) is 1. The molecule has 2 aliphatic rings. The second-order valence-corrected chi connectivity index (χ2v) is 6.94. The van der Waals surface area contributed by atoms with Crippen LogP contribution in [0.25, 0.3) is 0 Å². The van der Waals surface area contributed by atoms with E-state index in [1.165, 1.54) is 0 Å². The van der Waals surface area contributed by atoms with E-state index in [4.69, 9.17) is 0 Å². The summed E-state index contributed by atoms with van der Waals surface area (Å²) < 4.78 is 0. The van der Waals surface area contributed by atoms with Crippen LogP contribution in [0.3, 0.4) is 0 Å². The van der Waals surface area contributed by atoms with Gasteiger partial charge in [0.25, 0.3) is 5.91 Å². The van der Waals surface area contributed by atoms with Gasteiger partial charge in [-0.1, -0.05) is 31.0 Å². The van der Waals surface area contributed by atoms with Gasteiger partial charge in [0, 0.05) is 18.2 Å². The number of amides is 1. The number of benzene rings is 1. The fraction of sp³-hybridized carbons (Fsp3) is 0.579. The lowest BCUT2D eigenvalue weighted by Gasteiger charge is -2.43. The Kier molecular flexibility index (Phi) is 4.69. The Balaban J connectivity index is 1.92. The molecule has 1 saturated carbocycles. The first kappa shape index (κ1) is 16.0. The van der Waals surface area contributed by atoms with Crippen molar-refractivity contribution in [1.29, 1.82) is 0 Å². The average molecular weight is 315 g/mol. The van der Waals surface area contributed by atoms with E-state index in [2.05, 4.69) is 0 Å². The fourth-order valence-corrected chi connectivity index (χ4v) is 4.37. The topological polar surface area (TPSA) is 57.6 Å². The smallest absolute Gasteiger partial charge is 0.308 e. The number of carbonyl (C=O) groups is 2. The first-order valence-electron chi connectivity index (χ1n) is 8.69. The molecule has 0 unspecified atom stereocenters. The maximum Gasteiger partial charge on any atom is 0.308 e. The van der Waals surface area contributed by atoms with Crippen LogP contribution in [0, 0.1) is 18.8 Å². The highest BCUT2D eigenvalue weighted by Gasteiger charge is 2.43. The monoisotopic (exact) mass is 315 g/mol. The van der Waals surface area contributed by atoms with Crippen molar-refractivity contribution in [1.82, 2.24) is 4.90 Å². The van der Waals surface area contributed by atoms with Crippen LogP contribution in [0.5, 0.6) is 0 Å². The molecular formula is C19H25NO3. The average Bonchev–Trinajstić information content (AvgIpc) is 3.08. The van der Waals surface area contributed by atoms with Crippen molar-refractivity contribution in [3.05, 3.63) is 35.4 Å². The predicted octanol–water partition coefficient (Wildman–Crippen LogP) is 3.49. The van der Waals surface area contributed by atoms with Crippen LogP contribution in [-0.2, 0) is 4.79 Å². The molecule has 3 rings (SSSR count). The maximum absolute atomic E-state index is 13.1. The first-order chi connectivity index (χ1) is 11.1. The predicted molar refractivity (Wildman–Crippen MR) is 88.3 cm³/mol. The molecule has 1 heterocycles. The van der Waals surface area contributed by atoms with E-state index >= 15 is 0 Å². The largest absolute Gasteiger partial charge is 0.481 e. The van der Waals surface area contributed by atoms with E-state index < -0.39 is 11.9 Å². The second kappa shape index (κ2) is 6.73. The molecule has 4 nitrogen and oxygen atoms in total. The number of aryl methyl sites for hydroxylation is 1. The minimum Gasteiger partial charge on any atom is -0.481 e. The fourth-order valence-electron chi connectivity index (χ4n) is 4.37. The molecule has 2 atom stereocenters. The van der Waals surface area contributed by atoms with E-state index in [1.54, 1.807) is 0 Å². The van der Waals surface area contributed by atoms with Gasteiger partial charge in [0.1, 0.15) is 0 Å². The molecule has 1 saturated heterocycles. The van der Waals surface area contributed by atoms with Crippen LogP contribution in [-0.4, -0.2) is 34.5 Å². The number of piperidine rings is 1. The molecule has 1 amide bonds. The normalized spacial score (nSPS) is 25.5. The van der Waals surface area contributed by atoms with E-state index in [9.17, 15) is 14.7 Å². The standard InChI is InChI=1S/C19H25NO3/c1-13-7-2-5-10-15(13)18(21)20-12-6-11-16(19(22)23)17(20)14-8-3-4-9-14/h2,5,7,10,14,16-17H,3-4,6,8-9,11-12H2,1H3,(H,22,23)/t16-,17-/m0/s1. The van der Waals surface area contributed by atoms with Gasteiger partial charge in [0.05, 0.1) is 5.92 Å². The quantitative estimate of drug-likeness (QED) is 0.929. The molecule has 1 aliphatic carbocycles. The Hall–Kier alpha value is -1.84. The molecule has 23 heavy (non-hydrogen) atoms. The third kappa shape index (κ3) is 3.12. The summed E-state index contributed by atoms with van der Waals surface area (Å²) in [5.74, 6) is -0.820. The summed E-state index contributed by atoms with van der Waals surface area (Å²) in [6.45, 7) is 2.62. The molecule has 0 bridgehead atoms. The number of aliphatic carboxylic acids is 1. The molecule has 0 radical (unpaired) electrons. The summed E-state index contributed by atoms with van der Waals surface area (Å²) in [7, 11) is 0. The van der Waals surface area contributed by atoms with Crippen molar-refractivity contribution < 1.29 is 14.7 Å². The van der Waals surface area contributed by atoms with Gasteiger partial charge in [0.15, 0.2) is 0 Å². The minimum atomic E-state index is -0.746. The Morgan fingerprint density at radius 2 is 1.78 bits per heavy atom. The van der Waals surface area contributed by atoms with Gasteiger partial charge < -0.3 is 10.0 Å². The van der Waals surface area contributed by atoms with E-state index in [-0.39, 0.29) is 11.9 Å². The minimum absolute atomic E-state index is 0.00551. The van der Waals surface area contributed by atoms with Crippen LogP contribution in [0.1, 0.15) is 54.4 Å². The Morgan fingerprint density at radius 3 is 2.43 bits per heavy atom. The third-order valence-electron chi connectivity index (χ3n) is 5.52. The van der Waals surface area contributed by atoms with E-state index in [1.807, 2.05) is 36.1 Å². The Labute approximate surface area is 137 Å². The van der Waals surface area contributed by atoms with Crippen molar-refractivity contribution in [3.8, 4) is 0 Å². The Morgan fingerprint density at radius 1 is 1.09 bits per heavy atom. The number of nitrogens with zero attached hydrogens (tertiary/aromatic N) is 1. The lowest BCUT2D eigenvalue weighted by molar-refractivity contribution is -0.146. The van der Waals surface area contributed by atoms with Crippen LogP contribution in [0.4, 0.5) is 0 Å². The zero-order chi connectivity index (χ0) is 16.4. The van der Waals surface area contributed by atoms with Crippen molar-refractivity contribution in [2.24, 2.45) is 11.8 Å². The van der Waals surface area contributed by atoms with Crippen LogP contribution < -0.4 is 0 Å². The van der Waals surface area contributed by atoms with Crippen LogP contribution >= 0.6 is 0 Å². The van der Waals surface area contributed by atoms with Gasteiger partial charge in [-0.25, -0.2) is 0 Å². The van der Waals surface area contributed by atoms with Gasteiger partial charge in [-0.15, -0.1) is 0 Å². The number of hydrogen-bond acceptors (Lipinski definition) is 2. The van der Waals surface area contributed by atoms with Crippen molar-refractivity contribution in [2.75, 3.05) is 6.54 Å². The third-order valence-corrected chi connectivity index (χ3v) is 5.52. The van der Waals surface area contributed by atoms with Gasteiger partial charge in [-0.05, 0) is 50.2 Å². The summed E-state index contributed by atoms with van der Waals surface area (Å²) in [6.07, 6.45) is 5.86. The van der Waals surface area contributed by atoms with Crippen molar-refractivity contribution in [2.45, 2.75) is 51.5 Å². The maximum atomic E-state index is 13.1. The molecule has 1 aromatic rings. The van der Waals surface area contributed by atoms with E-state index in [0.29, 0.717) is 24.4 Å². The second-order valence-electron chi connectivity index (χ2n) is 6.94. The molecular weight excluding hydrogens is 290 g/mol. The number of rotatable bonds is 3. The zero-order valence-corrected chi connectivity index (χ0v) is 13.7. The highest BCUT2D eigenvalue weighted by molar-refractivity contribution is 5.96. The first-order valence-corrected chi connectivity index (χ1v) is 8.69.